The van der Waals surface area contributed by atoms with E-state index in [-0.39, 0.29) is 16.7 Å². The van der Waals surface area contributed by atoms with Gasteiger partial charge in [0.25, 0.3) is 0 Å². The number of rotatable bonds is 6. The van der Waals surface area contributed by atoms with Crippen molar-refractivity contribution in [3.63, 3.8) is 0 Å². The number of hydrogen-bond acceptors (Lipinski definition) is 6. The van der Waals surface area contributed by atoms with Crippen molar-refractivity contribution in [1.29, 1.82) is 0 Å². The molecule has 2 heterocycles. The van der Waals surface area contributed by atoms with Crippen LogP contribution in [0.1, 0.15) is 13.8 Å². The third kappa shape index (κ3) is 5.37. The molecule has 0 radical (unpaired) electrons. The lowest BCUT2D eigenvalue weighted by atomic mass is 10.0. The molecule has 0 saturated carbocycles. The molecule has 0 spiro atoms. The predicted molar refractivity (Wildman–Crippen MR) is 127 cm³/mol. The fourth-order valence-electron chi connectivity index (χ4n) is 3.95. The van der Waals surface area contributed by atoms with Gasteiger partial charge in [-0.25, -0.2) is 8.42 Å². The van der Waals surface area contributed by atoms with Gasteiger partial charge in [-0.1, -0.05) is 31.5 Å². The average Bonchev–Trinajstić information content (AvgIpc) is 2.82. The average molecular weight is 494 g/mol. The molecule has 10 heteroatoms. The topological polar surface area (TPSA) is 88.2 Å². The summed E-state index contributed by atoms with van der Waals surface area (Å²) in [5, 5.41) is 0.666. The number of nitrogens with one attached hydrogen (secondary N) is 1. The molecule has 1 fully saturated rings. The Bertz CT molecular complexity index is 1120. The molecule has 1 atom stereocenters. The second-order valence-corrected chi connectivity index (χ2v) is 10.6. The van der Waals surface area contributed by atoms with Gasteiger partial charge in [-0.05, 0) is 36.2 Å². The molecular formula is C23H28ClN3O5S. The minimum atomic E-state index is -3.94. The Balaban J connectivity index is 1.44. The van der Waals surface area contributed by atoms with E-state index in [1.807, 2.05) is 38.1 Å². The molecule has 33 heavy (non-hydrogen) atoms. The Morgan fingerprint density at radius 2 is 1.70 bits per heavy atom. The molecule has 2 aliphatic rings. The first-order valence-corrected chi connectivity index (χ1v) is 12.8. The van der Waals surface area contributed by atoms with Crippen LogP contribution < -0.4 is 19.1 Å². The molecule has 0 aromatic heterocycles. The van der Waals surface area contributed by atoms with Crippen molar-refractivity contribution < 1.29 is 22.7 Å². The minimum absolute atomic E-state index is 0.0379. The number of halogens is 1. The second kappa shape index (κ2) is 9.79. The molecule has 1 N–H and O–H groups in total. The number of sulfonamides is 1. The highest BCUT2D eigenvalue weighted by Crippen LogP contribution is 2.32. The molecule has 8 nitrogen and oxygen atoms in total. The largest absolute Gasteiger partial charge is 0.486 e. The Kier molecular flexibility index (Phi) is 7.02. The number of nitrogens with zero attached hydrogens (tertiary/aromatic N) is 2. The molecule has 4 rings (SSSR count). The number of anilines is 1. The summed E-state index contributed by atoms with van der Waals surface area (Å²) in [7, 11) is -3.94. The normalized spacial score (nSPS) is 17.2. The standard InChI is InChI=1S/C23H28ClN3O5S/c1-16(2)22(25-33(29,30)19-6-7-20-21(15-19)32-13-12-31-20)23(28)27-10-8-26(9-11-27)18-5-3-4-17(24)14-18/h3-7,14-16,22,25H,8-13H2,1-2H3/t22-/m0/s1. The maximum Gasteiger partial charge on any atom is 0.241 e. The number of fused-ring (bicyclic) bond motifs is 1. The Hall–Kier alpha value is -2.49. The molecule has 0 bridgehead atoms. The van der Waals surface area contributed by atoms with Gasteiger partial charge in [-0.3, -0.25) is 4.79 Å². The molecule has 0 aliphatic carbocycles. The second-order valence-electron chi connectivity index (χ2n) is 8.44. The predicted octanol–water partition coefficient (Wildman–Crippen LogP) is 2.76. The van der Waals surface area contributed by atoms with Crippen LogP contribution in [0.3, 0.4) is 0 Å². The summed E-state index contributed by atoms with van der Waals surface area (Å²) in [6.45, 7) is 6.73. The molecule has 0 unspecified atom stereocenters. The molecule has 1 amide bonds. The smallest absolute Gasteiger partial charge is 0.241 e. The third-order valence-corrected chi connectivity index (χ3v) is 7.48. The minimum Gasteiger partial charge on any atom is -0.486 e. The number of hydrogen-bond donors (Lipinski definition) is 1. The van der Waals surface area contributed by atoms with E-state index in [2.05, 4.69) is 9.62 Å². The molecular weight excluding hydrogens is 466 g/mol. The summed E-state index contributed by atoms with van der Waals surface area (Å²) in [5.74, 6) is 0.440. The highest BCUT2D eigenvalue weighted by molar-refractivity contribution is 7.89. The van der Waals surface area contributed by atoms with Gasteiger partial charge in [-0.2, -0.15) is 4.72 Å². The summed E-state index contributed by atoms with van der Waals surface area (Å²) in [6, 6.07) is 11.2. The lowest BCUT2D eigenvalue weighted by molar-refractivity contribution is -0.134. The lowest BCUT2D eigenvalue weighted by Gasteiger charge is -2.38. The highest BCUT2D eigenvalue weighted by Gasteiger charge is 2.33. The van der Waals surface area contributed by atoms with Crippen molar-refractivity contribution in [2.24, 2.45) is 5.92 Å². The molecule has 2 aromatic carbocycles. The zero-order valence-corrected chi connectivity index (χ0v) is 20.2. The Labute approximate surface area is 199 Å². The number of carbonyl (C=O) groups excluding carboxylic acids is 1. The first-order valence-electron chi connectivity index (χ1n) is 11.0. The van der Waals surface area contributed by atoms with Gasteiger partial charge in [0.2, 0.25) is 15.9 Å². The first-order chi connectivity index (χ1) is 15.7. The molecule has 2 aliphatic heterocycles. The Morgan fingerprint density at radius 3 is 2.36 bits per heavy atom. The van der Waals surface area contributed by atoms with E-state index < -0.39 is 16.1 Å². The van der Waals surface area contributed by atoms with E-state index in [1.165, 1.54) is 12.1 Å². The summed E-state index contributed by atoms with van der Waals surface area (Å²) in [5.41, 5.74) is 1.01. The summed E-state index contributed by atoms with van der Waals surface area (Å²) in [4.78, 5) is 17.2. The zero-order valence-electron chi connectivity index (χ0n) is 18.7. The van der Waals surface area contributed by atoms with E-state index in [9.17, 15) is 13.2 Å². The van der Waals surface area contributed by atoms with Crippen molar-refractivity contribution >= 4 is 33.2 Å². The summed E-state index contributed by atoms with van der Waals surface area (Å²) >= 11 is 6.10. The number of amides is 1. The van der Waals surface area contributed by atoms with E-state index in [1.54, 1.807) is 11.0 Å². The number of benzene rings is 2. The quantitative estimate of drug-likeness (QED) is 0.665. The van der Waals surface area contributed by atoms with Crippen LogP contribution in [0.25, 0.3) is 0 Å². The van der Waals surface area contributed by atoms with Crippen molar-refractivity contribution in [3.05, 3.63) is 47.5 Å². The third-order valence-electron chi connectivity index (χ3n) is 5.80. The molecule has 178 valence electrons. The van der Waals surface area contributed by atoms with Crippen LogP contribution in [0, 0.1) is 5.92 Å². The van der Waals surface area contributed by atoms with Crippen LogP contribution in [-0.4, -0.2) is 64.7 Å². The van der Waals surface area contributed by atoms with Gasteiger partial charge in [-0.15, -0.1) is 0 Å². The fourth-order valence-corrected chi connectivity index (χ4v) is 5.49. The van der Waals surface area contributed by atoms with Crippen molar-refractivity contribution in [2.75, 3.05) is 44.3 Å². The van der Waals surface area contributed by atoms with Crippen molar-refractivity contribution in [1.82, 2.24) is 9.62 Å². The van der Waals surface area contributed by atoms with Crippen LogP contribution >= 0.6 is 11.6 Å². The summed E-state index contributed by atoms with van der Waals surface area (Å²) < 4.78 is 39.8. The number of ether oxygens (including phenoxy) is 2. The fraction of sp³-hybridized carbons (Fsp3) is 0.435. The van der Waals surface area contributed by atoms with Crippen LogP contribution in [0.4, 0.5) is 5.69 Å². The van der Waals surface area contributed by atoms with Crippen LogP contribution in [-0.2, 0) is 14.8 Å². The van der Waals surface area contributed by atoms with E-state index in [0.29, 0.717) is 55.9 Å². The lowest BCUT2D eigenvalue weighted by Crippen LogP contribution is -2.56. The molecule has 1 saturated heterocycles. The van der Waals surface area contributed by atoms with Crippen LogP contribution in [0.2, 0.25) is 5.02 Å². The summed E-state index contributed by atoms with van der Waals surface area (Å²) in [6.07, 6.45) is 0. The van der Waals surface area contributed by atoms with Gasteiger partial charge in [0.15, 0.2) is 11.5 Å². The molecule has 2 aromatic rings. The zero-order chi connectivity index (χ0) is 23.6. The Morgan fingerprint density at radius 1 is 1.00 bits per heavy atom. The maximum absolute atomic E-state index is 13.3. The number of piperazine rings is 1. The number of carbonyl (C=O) groups is 1. The van der Waals surface area contributed by atoms with E-state index in [4.69, 9.17) is 21.1 Å². The van der Waals surface area contributed by atoms with Gasteiger partial charge in [0.05, 0.1) is 4.90 Å². The van der Waals surface area contributed by atoms with Gasteiger partial charge >= 0.3 is 0 Å². The van der Waals surface area contributed by atoms with E-state index in [0.717, 1.165) is 5.69 Å². The highest BCUT2D eigenvalue weighted by atomic mass is 35.5. The van der Waals surface area contributed by atoms with Crippen molar-refractivity contribution in [3.8, 4) is 11.5 Å². The van der Waals surface area contributed by atoms with Gasteiger partial charge < -0.3 is 19.3 Å². The SMILES string of the molecule is CC(C)[C@H](NS(=O)(=O)c1ccc2c(c1)OCCO2)C(=O)N1CCN(c2cccc(Cl)c2)CC1. The monoisotopic (exact) mass is 493 g/mol. The van der Waals surface area contributed by atoms with E-state index >= 15 is 0 Å². The van der Waals surface area contributed by atoms with Crippen LogP contribution in [0.5, 0.6) is 11.5 Å². The first kappa shape index (κ1) is 23.7. The van der Waals surface area contributed by atoms with Gasteiger partial charge in [0.1, 0.15) is 19.3 Å². The van der Waals surface area contributed by atoms with Crippen LogP contribution in [0.15, 0.2) is 47.4 Å². The van der Waals surface area contributed by atoms with Gasteiger partial charge in [0, 0.05) is 43.0 Å². The van der Waals surface area contributed by atoms with Crippen molar-refractivity contribution in [2.45, 2.75) is 24.8 Å². The maximum atomic E-state index is 13.3.